The maximum Gasteiger partial charge on any atom is 0.416 e. The Morgan fingerprint density at radius 3 is 2.38 bits per heavy atom. The van der Waals surface area contributed by atoms with Crippen molar-refractivity contribution in [1.82, 2.24) is 10.3 Å². The van der Waals surface area contributed by atoms with Gasteiger partial charge in [0, 0.05) is 35.6 Å². The fourth-order valence-corrected chi connectivity index (χ4v) is 4.61. The van der Waals surface area contributed by atoms with Gasteiger partial charge in [-0.1, -0.05) is 35.3 Å². The monoisotopic (exact) mass is 509 g/mol. The second-order valence-corrected chi connectivity index (χ2v) is 9.40. The molecule has 3 aromatic rings. The molecule has 1 aliphatic carbocycles. The van der Waals surface area contributed by atoms with Crippen molar-refractivity contribution in [1.29, 1.82) is 0 Å². The molecule has 0 spiro atoms. The SMILES string of the molecule is O=C(NC1CCC(CNc2c[nH]cc2-c2ccc(Cl)cc2)CC1)c1cc(C(F)(F)F)ccc1Cl. The molecule has 0 bridgehead atoms. The van der Waals surface area contributed by atoms with E-state index in [2.05, 4.69) is 15.6 Å². The molecule has 1 saturated carbocycles. The average Bonchev–Trinajstić information content (AvgIpc) is 3.27. The highest BCUT2D eigenvalue weighted by atomic mass is 35.5. The Morgan fingerprint density at radius 2 is 1.71 bits per heavy atom. The first kappa shape index (κ1) is 24.5. The minimum Gasteiger partial charge on any atom is -0.383 e. The van der Waals surface area contributed by atoms with E-state index in [4.69, 9.17) is 23.2 Å². The summed E-state index contributed by atoms with van der Waals surface area (Å²) in [5, 5.41) is 7.06. The number of aromatic amines is 1. The number of anilines is 1. The molecule has 1 fully saturated rings. The van der Waals surface area contributed by atoms with Gasteiger partial charge in [0.05, 0.1) is 21.8 Å². The van der Waals surface area contributed by atoms with Crippen LogP contribution < -0.4 is 10.6 Å². The number of benzene rings is 2. The first-order valence-corrected chi connectivity index (χ1v) is 11.8. The van der Waals surface area contributed by atoms with Crippen LogP contribution in [-0.4, -0.2) is 23.5 Å². The topological polar surface area (TPSA) is 56.9 Å². The van der Waals surface area contributed by atoms with Crippen molar-refractivity contribution in [2.45, 2.75) is 37.9 Å². The highest BCUT2D eigenvalue weighted by molar-refractivity contribution is 6.33. The molecule has 4 rings (SSSR count). The lowest BCUT2D eigenvalue weighted by Gasteiger charge is -2.29. The van der Waals surface area contributed by atoms with Crippen molar-refractivity contribution in [3.05, 3.63) is 76.0 Å². The van der Waals surface area contributed by atoms with Crippen molar-refractivity contribution < 1.29 is 18.0 Å². The van der Waals surface area contributed by atoms with E-state index in [1.165, 1.54) is 0 Å². The van der Waals surface area contributed by atoms with Crippen molar-refractivity contribution in [3.8, 4) is 11.1 Å². The van der Waals surface area contributed by atoms with E-state index in [1.807, 2.05) is 36.7 Å². The van der Waals surface area contributed by atoms with E-state index in [-0.39, 0.29) is 16.6 Å². The van der Waals surface area contributed by atoms with Crippen LogP contribution in [-0.2, 0) is 6.18 Å². The molecule has 0 atom stereocenters. The average molecular weight is 510 g/mol. The van der Waals surface area contributed by atoms with Gasteiger partial charge in [0.1, 0.15) is 0 Å². The first-order chi connectivity index (χ1) is 16.2. The fraction of sp³-hybridized carbons (Fsp3) is 0.320. The molecule has 0 aliphatic heterocycles. The normalized spacial score (nSPS) is 18.5. The highest BCUT2D eigenvalue weighted by Crippen LogP contribution is 2.33. The molecule has 3 N–H and O–H groups in total. The molecule has 1 aliphatic rings. The number of nitrogens with one attached hydrogen (secondary N) is 3. The second-order valence-electron chi connectivity index (χ2n) is 8.55. The molecule has 1 heterocycles. The number of carbonyl (C=O) groups is 1. The molecule has 0 unspecified atom stereocenters. The standard InChI is InChI=1S/C25H24Cl2F3N3O/c26-18-6-3-16(4-7-18)21-13-31-14-23(21)32-12-15-1-8-19(9-2-15)33-24(34)20-11-17(25(28,29)30)5-10-22(20)27/h3-7,10-11,13-15,19,31-32H,1-2,8-9,12H2,(H,33,34). The van der Waals surface area contributed by atoms with Crippen molar-refractivity contribution in [2.24, 2.45) is 5.92 Å². The van der Waals surface area contributed by atoms with Crippen LogP contribution in [0.2, 0.25) is 10.0 Å². The van der Waals surface area contributed by atoms with Crippen LogP contribution in [0.4, 0.5) is 18.9 Å². The lowest BCUT2D eigenvalue weighted by molar-refractivity contribution is -0.137. The third-order valence-electron chi connectivity index (χ3n) is 6.20. The Balaban J connectivity index is 1.29. The summed E-state index contributed by atoms with van der Waals surface area (Å²) < 4.78 is 39.0. The zero-order valence-electron chi connectivity index (χ0n) is 18.2. The van der Waals surface area contributed by atoms with Gasteiger partial charge < -0.3 is 15.6 Å². The molecule has 0 saturated heterocycles. The summed E-state index contributed by atoms with van der Waals surface area (Å²) in [6.45, 7) is 0.790. The van der Waals surface area contributed by atoms with Crippen LogP contribution in [0.15, 0.2) is 54.9 Å². The van der Waals surface area contributed by atoms with Crippen molar-refractivity contribution in [2.75, 3.05) is 11.9 Å². The van der Waals surface area contributed by atoms with Gasteiger partial charge in [-0.3, -0.25) is 4.79 Å². The molecule has 2 aromatic carbocycles. The molecule has 9 heteroatoms. The molecular weight excluding hydrogens is 486 g/mol. The summed E-state index contributed by atoms with van der Waals surface area (Å²) in [4.78, 5) is 15.7. The van der Waals surface area contributed by atoms with Crippen LogP contribution in [0.25, 0.3) is 11.1 Å². The zero-order valence-corrected chi connectivity index (χ0v) is 19.7. The Kier molecular flexibility index (Phi) is 7.43. The van der Waals surface area contributed by atoms with Crippen LogP contribution in [0.5, 0.6) is 0 Å². The van der Waals surface area contributed by atoms with Gasteiger partial charge >= 0.3 is 6.18 Å². The number of hydrogen-bond acceptors (Lipinski definition) is 2. The predicted octanol–water partition coefficient (Wildman–Crippen LogP) is 7.41. The highest BCUT2D eigenvalue weighted by Gasteiger charge is 2.32. The number of hydrogen-bond donors (Lipinski definition) is 3. The third kappa shape index (κ3) is 5.88. The van der Waals surface area contributed by atoms with Gasteiger partial charge in [0.2, 0.25) is 0 Å². The smallest absolute Gasteiger partial charge is 0.383 e. The van der Waals surface area contributed by atoms with E-state index >= 15 is 0 Å². The summed E-state index contributed by atoms with van der Waals surface area (Å²) in [7, 11) is 0. The molecule has 4 nitrogen and oxygen atoms in total. The second kappa shape index (κ2) is 10.3. The number of aromatic nitrogens is 1. The first-order valence-electron chi connectivity index (χ1n) is 11.0. The Morgan fingerprint density at radius 1 is 1.00 bits per heavy atom. The molecule has 1 aromatic heterocycles. The summed E-state index contributed by atoms with van der Waals surface area (Å²) >= 11 is 12.0. The van der Waals surface area contributed by atoms with Crippen molar-refractivity contribution in [3.63, 3.8) is 0 Å². The number of alkyl halides is 3. The predicted molar refractivity (Wildman–Crippen MR) is 129 cm³/mol. The van der Waals surface area contributed by atoms with E-state index in [1.54, 1.807) is 0 Å². The largest absolute Gasteiger partial charge is 0.416 e. The van der Waals surface area contributed by atoms with Crippen LogP contribution >= 0.6 is 23.2 Å². The van der Waals surface area contributed by atoms with E-state index in [9.17, 15) is 18.0 Å². The minimum atomic E-state index is -4.53. The number of H-pyrrole nitrogens is 1. The molecule has 0 radical (unpaired) electrons. The van der Waals surface area contributed by atoms with E-state index < -0.39 is 17.6 Å². The number of rotatable bonds is 6. The van der Waals surface area contributed by atoms with Gasteiger partial charge in [0.25, 0.3) is 5.91 Å². The van der Waals surface area contributed by atoms with Crippen LogP contribution in [0, 0.1) is 5.92 Å². The lowest BCUT2D eigenvalue weighted by Crippen LogP contribution is -2.38. The summed E-state index contributed by atoms with van der Waals surface area (Å²) in [6, 6.07) is 10.4. The summed E-state index contributed by atoms with van der Waals surface area (Å²) in [6.07, 6.45) is 2.64. The maximum absolute atomic E-state index is 13.0. The number of amides is 1. The maximum atomic E-state index is 13.0. The van der Waals surface area contributed by atoms with Crippen molar-refractivity contribution >= 4 is 34.8 Å². The summed E-state index contributed by atoms with van der Waals surface area (Å²) in [5.41, 5.74) is 2.10. The van der Waals surface area contributed by atoms with Gasteiger partial charge in [-0.15, -0.1) is 0 Å². The van der Waals surface area contributed by atoms with Crippen LogP contribution in [0.1, 0.15) is 41.6 Å². The Bertz CT molecular complexity index is 1140. The number of carbonyl (C=O) groups excluding carboxylic acids is 1. The third-order valence-corrected chi connectivity index (χ3v) is 6.78. The van der Waals surface area contributed by atoms with Gasteiger partial charge in [-0.05, 0) is 67.5 Å². The number of halogens is 5. The molecule has 1 amide bonds. The lowest BCUT2D eigenvalue weighted by atomic mass is 9.85. The fourth-order valence-electron chi connectivity index (χ4n) is 4.28. The van der Waals surface area contributed by atoms with Gasteiger partial charge in [-0.2, -0.15) is 13.2 Å². The quantitative estimate of drug-likeness (QED) is 0.324. The molecule has 180 valence electrons. The van der Waals surface area contributed by atoms with E-state index in [0.29, 0.717) is 10.9 Å². The van der Waals surface area contributed by atoms with Gasteiger partial charge in [0.15, 0.2) is 0 Å². The molecule has 34 heavy (non-hydrogen) atoms. The Labute approximate surface area is 205 Å². The van der Waals surface area contributed by atoms with Crippen LogP contribution in [0.3, 0.4) is 0 Å². The minimum absolute atomic E-state index is 0.00591. The van der Waals surface area contributed by atoms with Gasteiger partial charge in [-0.25, -0.2) is 0 Å². The van der Waals surface area contributed by atoms with E-state index in [0.717, 1.165) is 67.2 Å². The Hall–Kier alpha value is -2.64. The zero-order chi connectivity index (χ0) is 24.3. The molecular formula is C25H24Cl2F3N3O. The summed E-state index contributed by atoms with van der Waals surface area (Å²) in [5.74, 6) is -0.143.